The molecule has 4 amide bonds. The van der Waals surface area contributed by atoms with E-state index in [1.165, 1.54) is 41.3 Å². The highest BCUT2D eigenvalue weighted by molar-refractivity contribution is 6.32. The van der Waals surface area contributed by atoms with Gasteiger partial charge in [-0.25, -0.2) is 4.39 Å². The van der Waals surface area contributed by atoms with Gasteiger partial charge in [-0.15, -0.1) is 0 Å². The Balaban J connectivity index is 1.32. The van der Waals surface area contributed by atoms with Gasteiger partial charge in [-0.3, -0.25) is 29.5 Å². The van der Waals surface area contributed by atoms with Crippen LogP contribution in [0.25, 0.3) is 6.08 Å². The van der Waals surface area contributed by atoms with Crippen LogP contribution in [0.4, 0.5) is 15.8 Å². The van der Waals surface area contributed by atoms with Gasteiger partial charge in [-0.05, 0) is 96.1 Å². The van der Waals surface area contributed by atoms with Gasteiger partial charge in [-0.1, -0.05) is 77.8 Å². The number of phenolic OH excluding ortho intramolecular Hbond substituents is 1. The van der Waals surface area contributed by atoms with Crippen LogP contribution in [0.2, 0.25) is 10.0 Å². The van der Waals surface area contributed by atoms with Crippen molar-refractivity contribution >= 4 is 64.3 Å². The number of hydrogen-bond acceptors (Lipinski definition) is 6. The zero-order valence-electron chi connectivity index (χ0n) is 26.9. The van der Waals surface area contributed by atoms with E-state index in [4.69, 9.17) is 23.2 Å². The first kappa shape index (κ1) is 32.9. The van der Waals surface area contributed by atoms with Crippen LogP contribution in [-0.4, -0.2) is 33.7 Å². The minimum absolute atomic E-state index is 0.0796. The Hall–Kier alpha value is -5.25. The molecule has 0 aromatic heterocycles. The highest BCUT2D eigenvalue weighted by atomic mass is 35.5. The minimum atomic E-state index is -1.59. The van der Waals surface area contributed by atoms with E-state index in [2.05, 4.69) is 12.0 Å². The van der Waals surface area contributed by atoms with E-state index in [9.17, 15) is 23.9 Å². The van der Waals surface area contributed by atoms with Gasteiger partial charge in [0.05, 0.1) is 34.5 Å². The lowest BCUT2D eigenvalue weighted by molar-refractivity contribution is -0.138. The summed E-state index contributed by atoms with van der Waals surface area (Å²) in [4.78, 5) is 59.6. The van der Waals surface area contributed by atoms with Crippen molar-refractivity contribution < 1.29 is 28.7 Å². The fraction of sp³-hybridized carbons (Fsp3) is 0.200. The van der Waals surface area contributed by atoms with Crippen molar-refractivity contribution in [3.63, 3.8) is 0 Å². The molecular formula is C40H30Cl2FN3O5. The Bertz CT molecular complexity index is 2170. The number of benzene rings is 4. The average Bonchev–Trinajstić information content (AvgIpc) is 3.50. The second-order valence-corrected chi connectivity index (χ2v) is 14.2. The Morgan fingerprint density at radius 1 is 0.863 bits per heavy atom. The van der Waals surface area contributed by atoms with Crippen molar-refractivity contribution in [2.75, 3.05) is 10.3 Å². The fourth-order valence-electron chi connectivity index (χ4n) is 8.76. The number of carbonyl (C=O) groups excluding carboxylic acids is 4. The van der Waals surface area contributed by atoms with E-state index in [-0.39, 0.29) is 35.4 Å². The van der Waals surface area contributed by atoms with E-state index in [0.29, 0.717) is 33.1 Å². The molecule has 256 valence electrons. The second-order valence-electron chi connectivity index (χ2n) is 13.4. The molecule has 6 unspecified atom stereocenters. The largest absolute Gasteiger partial charge is 0.508 e. The van der Waals surface area contributed by atoms with Crippen LogP contribution in [0, 0.1) is 29.5 Å². The van der Waals surface area contributed by atoms with Gasteiger partial charge >= 0.3 is 0 Å². The number of nitrogens with one attached hydrogen (secondary N) is 1. The third-order valence-corrected chi connectivity index (χ3v) is 11.5. The number of amides is 4. The average molecular weight is 723 g/mol. The lowest BCUT2D eigenvalue weighted by Crippen LogP contribution is -2.53. The number of allylic oxidation sites excluding steroid dienone is 2. The summed E-state index contributed by atoms with van der Waals surface area (Å²) in [5.74, 6) is -6.41. The lowest BCUT2D eigenvalue weighted by Gasteiger charge is -2.50. The number of carbonyl (C=O) groups is 4. The molecule has 11 heteroatoms. The smallest absolute Gasteiger partial charge is 0.260 e. The zero-order valence-corrected chi connectivity index (χ0v) is 28.4. The highest BCUT2D eigenvalue weighted by Crippen LogP contribution is 2.65. The van der Waals surface area contributed by atoms with Gasteiger partial charge in [-0.2, -0.15) is 5.01 Å². The van der Waals surface area contributed by atoms with Crippen LogP contribution in [0.1, 0.15) is 35.4 Å². The third kappa shape index (κ3) is 4.93. The molecule has 2 aliphatic carbocycles. The summed E-state index contributed by atoms with van der Waals surface area (Å²) >= 11 is 13.2. The van der Waals surface area contributed by atoms with Gasteiger partial charge < -0.3 is 5.11 Å². The maximum Gasteiger partial charge on any atom is 0.260 e. The number of halogens is 3. The first-order valence-corrected chi connectivity index (χ1v) is 17.3. The lowest BCUT2D eigenvalue weighted by atomic mass is 9.49. The molecule has 0 spiro atoms. The molecule has 0 radical (unpaired) electrons. The number of fused-ring (bicyclic) bond motifs is 4. The van der Waals surface area contributed by atoms with Crippen molar-refractivity contribution in [1.29, 1.82) is 0 Å². The number of rotatable bonds is 6. The first-order chi connectivity index (χ1) is 24.5. The zero-order chi connectivity index (χ0) is 35.8. The van der Waals surface area contributed by atoms with E-state index in [1.54, 1.807) is 60.7 Å². The molecule has 3 fully saturated rings. The van der Waals surface area contributed by atoms with Gasteiger partial charge in [0, 0.05) is 16.0 Å². The van der Waals surface area contributed by atoms with Crippen molar-refractivity contribution in [1.82, 2.24) is 5.01 Å². The Morgan fingerprint density at radius 2 is 1.57 bits per heavy atom. The summed E-state index contributed by atoms with van der Waals surface area (Å²) in [6.45, 7) is 3.78. The minimum Gasteiger partial charge on any atom is -0.508 e. The van der Waals surface area contributed by atoms with Gasteiger partial charge in [0.2, 0.25) is 11.8 Å². The molecule has 2 heterocycles. The quantitative estimate of drug-likeness (QED) is 0.156. The number of anilines is 2. The molecule has 8 rings (SSSR count). The topological polar surface area (TPSA) is 107 Å². The van der Waals surface area contributed by atoms with E-state index in [0.717, 1.165) is 10.6 Å². The molecule has 51 heavy (non-hydrogen) atoms. The predicted molar refractivity (Wildman–Crippen MR) is 191 cm³/mol. The van der Waals surface area contributed by atoms with Gasteiger partial charge in [0.15, 0.2) is 0 Å². The monoisotopic (exact) mass is 721 g/mol. The molecule has 8 nitrogen and oxygen atoms in total. The molecule has 0 bridgehead atoms. The molecular weight excluding hydrogens is 692 g/mol. The Morgan fingerprint density at radius 3 is 2.24 bits per heavy atom. The molecule has 6 atom stereocenters. The van der Waals surface area contributed by atoms with Crippen LogP contribution >= 0.6 is 23.2 Å². The standard InChI is InChI=1S/C40H30Cl2FN3O5/c1-2-21-3-13-26(14-4-21)45-36(48)30-18-17-28-31(34(30)38(45)50)20-32-37(49)46(44-25-11-9-24(43)10-12-25)39(51)40(32,22-5-7-23(41)8-6-22)35(28)29-16-15-27(47)19-33(29)42/h2-17,19,30-32,34-35,44,47H,1,18,20H2. The van der Waals surface area contributed by atoms with Crippen LogP contribution in [-0.2, 0) is 24.6 Å². The maximum atomic E-state index is 15.2. The SMILES string of the molecule is C=Cc1ccc(N2C(=O)C3CC=C4C(CC5C(=O)N(Nc6ccc(F)cc6)C(=O)C5(c5ccc(Cl)cc5)C4c4ccc(O)cc4Cl)C3C2=O)cc1. The van der Waals surface area contributed by atoms with Crippen LogP contribution in [0.3, 0.4) is 0 Å². The molecule has 2 saturated heterocycles. The highest BCUT2D eigenvalue weighted by Gasteiger charge is 2.70. The van der Waals surface area contributed by atoms with Gasteiger partial charge in [0.25, 0.3) is 11.8 Å². The second kappa shape index (κ2) is 12.2. The van der Waals surface area contributed by atoms with Gasteiger partial charge in [0.1, 0.15) is 11.6 Å². The molecule has 4 aliphatic rings. The number of imide groups is 2. The molecule has 4 aromatic carbocycles. The number of hydrazine groups is 1. The number of hydrogen-bond donors (Lipinski definition) is 2. The summed E-state index contributed by atoms with van der Waals surface area (Å²) < 4.78 is 13.8. The van der Waals surface area contributed by atoms with E-state index >= 15 is 4.79 Å². The van der Waals surface area contributed by atoms with E-state index < -0.39 is 52.6 Å². The summed E-state index contributed by atoms with van der Waals surface area (Å²) in [6, 6.07) is 23.5. The summed E-state index contributed by atoms with van der Waals surface area (Å²) in [5.41, 5.74) is 4.62. The maximum absolute atomic E-state index is 15.2. The molecule has 4 aromatic rings. The molecule has 2 N–H and O–H groups in total. The predicted octanol–water partition coefficient (Wildman–Crippen LogP) is 7.67. The van der Waals surface area contributed by atoms with Crippen molar-refractivity contribution in [3.05, 3.63) is 142 Å². The normalized spacial score (nSPS) is 26.8. The third-order valence-electron chi connectivity index (χ3n) is 10.9. The van der Waals surface area contributed by atoms with Crippen molar-refractivity contribution in [3.8, 4) is 5.75 Å². The fourth-order valence-corrected chi connectivity index (χ4v) is 9.17. The van der Waals surface area contributed by atoms with E-state index in [1.807, 2.05) is 6.08 Å². The first-order valence-electron chi connectivity index (χ1n) is 16.5. The summed E-state index contributed by atoms with van der Waals surface area (Å²) in [6.07, 6.45) is 3.91. The molecule has 1 saturated carbocycles. The Kier molecular flexibility index (Phi) is 7.88. The number of phenols is 1. The van der Waals surface area contributed by atoms with Crippen LogP contribution in [0.15, 0.2) is 109 Å². The number of aromatic hydroxyl groups is 1. The molecule has 2 aliphatic heterocycles. The van der Waals surface area contributed by atoms with Crippen LogP contribution < -0.4 is 10.3 Å². The van der Waals surface area contributed by atoms with Crippen molar-refractivity contribution in [2.24, 2.45) is 23.7 Å². The Labute approximate surface area is 302 Å². The number of nitrogens with zero attached hydrogens (tertiary/aromatic N) is 2. The summed E-state index contributed by atoms with van der Waals surface area (Å²) in [5, 5.41) is 11.9. The van der Waals surface area contributed by atoms with Crippen molar-refractivity contribution in [2.45, 2.75) is 24.2 Å². The summed E-state index contributed by atoms with van der Waals surface area (Å²) in [7, 11) is 0. The van der Waals surface area contributed by atoms with Crippen LogP contribution in [0.5, 0.6) is 5.75 Å².